The molecule has 0 aliphatic carbocycles. The maximum Gasteiger partial charge on any atom is 0.247 e. The molecule has 1 N–H and O–H groups in total. The molecule has 37 heavy (non-hydrogen) atoms. The summed E-state index contributed by atoms with van der Waals surface area (Å²) in [6.07, 6.45) is 0. The molecule has 0 aliphatic rings. The van der Waals surface area contributed by atoms with E-state index in [4.69, 9.17) is 9.47 Å². The Labute approximate surface area is 216 Å². The van der Waals surface area contributed by atoms with Crippen LogP contribution >= 0.6 is 0 Å². The second-order valence-electron chi connectivity index (χ2n) is 8.42. The van der Waals surface area contributed by atoms with Gasteiger partial charge in [-0.1, -0.05) is 59.8 Å². The lowest BCUT2D eigenvalue weighted by Crippen LogP contribution is -2.46. The van der Waals surface area contributed by atoms with Crippen molar-refractivity contribution in [3.63, 3.8) is 0 Å². The number of rotatable bonds is 12. The van der Waals surface area contributed by atoms with Crippen LogP contribution in [0, 0.1) is 0 Å². The third kappa shape index (κ3) is 6.50. The molecule has 4 rings (SSSR count). The molecule has 1 aromatic heterocycles. The lowest BCUT2D eigenvalue weighted by molar-refractivity contribution is -0.142. The first-order valence-electron chi connectivity index (χ1n) is 12.2. The Kier molecular flexibility index (Phi) is 8.83. The number of aromatic nitrogens is 3. The molecule has 0 saturated heterocycles. The zero-order chi connectivity index (χ0) is 26.0. The largest absolute Gasteiger partial charge is 0.494 e. The average Bonchev–Trinajstić information content (AvgIpc) is 3.33. The van der Waals surface area contributed by atoms with Crippen LogP contribution in [0.2, 0.25) is 0 Å². The second-order valence-corrected chi connectivity index (χ2v) is 8.42. The van der Waals surface area contributed by atoms with E-state index in [-0.39, 0.29) is 31.5 Å². The van der Waals surface area contributed by atoms with Crippen molar-refractivity contribution in [1.29, 1.82) is 0 Å². The zero-order valence-corrected chi connectivity index (χ0v) is 21.0. The van der Waals surface area contributed by atoms with Crippen molar-refractivity contribution in [2.45, 2.75) is 26.1 Å². The van der Waals surface area contributed by atoms with Gasteiger partial charge >= 0.3 is 0 Å². The molecule has 0 fully saturated rings. The van der Waals surface area contributed by atoms with Crippen LogP contribution in [-0.2, 0) is 27.4 Å². The molecule has 0 radical (unpaired) electrons. The van der Waals surface area contributed by atoms with Gasteiger partial charge in [-0.2, -0.15) is 0 Å². The number of carbonyl (C=O) groups is 2. The van der Waals surface area contributed by atoms with Crippen LogP contribution < -0.4 is 10.1 Å². The molecular formula is C28H31N5O4. The third-order valence-corrected chi connectivity index (χ3v) is 5.94. The van der Waals surface area contributed by atoms with Crippen molar-refractivity contribution in [1.82, 2.24) is 25.2 Å². The standard InChI is InChI=1S/C28H31N5O4/c1-3-37-23-15-13-22(14-16-23)27(28(35)29-19-21-9-5-4-6-10-21)32(17-18-36-2)26(34)20-33-25-12-8-7-11-24(25)30-31-33/h4-16,27H,3,17-20H2,1-2H3,(H,29,35)/t27-/m0/s1. The van der Waals surface area contributed by atoms with E-state index in [0.717, 1.165) is 11.1 Å². The van der Waals surface area contributed by atoms with E-state index in [1.54, 1.807) is 23.9 Å². The highest BCUT2D eigenvalue weighted by atomic mass is 16.5. The molecule has 192 valence electrons. The highest BCUT2D eigenvalue weighted by molar-refractivity contribution is 5.89. The van der Waals surface area contributed by atoms with E-state index in [0.29, 0.717) is 30.0 Å². The fraction of sp³-hybridized carbons (Fsp3) is 0.286. The lowest BCUT2D eigenvalue weighted by atomic mass is 10.0. The fourth-order valence-corrected chi connectivity index (χ4v) is 4.11. The Balaban J connectivity index is 1.64. The molecular weight excluding hydrogens is 470 g/mol. The van der Waals surface area contributed by atoms with Gasteiger partial charge in [0.15, 0.2) is 0 Å². The minimum atomic E-state index is -0.878. The van der Waals surface area contributed by atoms with Crippen LogP contribution in [-0.4, -0.2) is 58.6 Å². The van der Waals surface area contributed by atoms with Crippen molar-refractivity contribution in [2.75, 3.05) is 26.9 Å². The van der Waals surface area contributed by atoms with Gasteiger partial charge in [-0.05, 0) is 42.3 Å². The van der Waals surface area contributed by atoms with Crippen molar-refractivity contribution >= 4 is 22.8 Å². The smallest absolute Gasteiger partial charge is 0.247 e. The number of hydrogen-bond acceptors (Lipinski definition) is 6. The summed E-state index contributed by atoms with van der Waals surface area (Å²) in [5.74, 6) is 0.126. The molecule has 0 bridgehead atoms. The van der Waals surface area contributed by atoms with Crippen LogP contribution in [0.25, 0.3) is 11.0 Å². The Morgan fingerprint density at radius 2 is 1.73 bits per heavy atom. The summed E-state index contributed by atoms with van der Waals surface area (Å²) in [6, 6.07) is 23.4. The highest BCUT2D eigenvalue weighted by Crippen LogP contribution is 2.25. The summed E-state index contributed by atoms with van der Waals surface area (Å²) < 4.78 is 12.4. The van der Waals surface area contributed by atoms with E-state index in [9.17, 15) is 9.59 Å². The minimum absolute atomic E-state index is 0.0658. The number of fused-ring (bicyclic) bond motifs is 1. The first kappa shape index (κ1) is 25.8. The molecule has 2 amide bonds. The van der Waals surface area contributed by atoms with Crippen LogP contribution in [0.1, 0.15) is 24.1 Å². The summed E-state index contributed by atoms with van der Waals surface area (Å²) in [4.78, 5) is 28.9. The number of carbonyl (C=O) groups excluding carboxylic acids is 2. The van der Waals surface area contributed by atoms with Gasteiger partial charge in [0.05, 0.1) is 18.7 Å². The maximum absolute atomic E-state index is 13.7. The molecule has 0 saturated carbocycles. The van der Waals surface area contributed by atoms with Gasteiger partial charge in [-0.3, -0.25) is 9.59 Å². The fourth-order valence-electron chi connectivity index (χ4n) is 4.11. The Hall–Kier alpha value is -4.24. The van der Waals surface area contributed by atoms with Crippen LogP contribution in [0.5, 0.6) is 5.75 Å². The molecule has 0 spiro atoms. The van der Waals surface area contributed by atoms with Gasteiger partial charge in [-0.15, -0.1) is 5.10 Å². The number of nitrogens with zero attached hydrogens (tertiary/aromatic N) is 4. The van der Waals surface area contributed by atoms with E-state index in [1.807, 2.05) is 73.7 Å². The zero-order valence-electron chi connectivity index (χ0n) is 21.0. The molecule has 4 aromatic rings. The summed E-state index contributed by atoms with van der Waals surface area (Å²) in [5, 5.41) is 11.3. The quantitative estimate of drug-likeness (QED) is 0.320. The normalized spacial score (nSPS) is 11.7. The van der Waals surface area contributed by atoms with Gasteiger partial charge in [0, 0.05) is 20.2 Å². The SMILES string of the molecule is CCOc1ccc([C@@H](C(=O)NCc2ccccc2)N(CCOC)C(=O)Cn2nnc3ccccc32)cc1. The number of nitrogens with one attached hydrogen (secondary N) is 1. The van der Waals surface area contributed by atoms with Crippen LogP contribution in [0.3, 0.4) is 0 Å². The van der Waals surface area contributed by atoms with E-state index < -0.39 is 6.04 Å². The molecule has 9 nitrogen and oxygen atoms in total. The van der Waals surface area contributed by atoms with Gasteiger partial charge < -0.3 is 19.7 Å². The molecule has 0 unspecified atom stereocenters. The monoisotopic (exact) mass is 501 g/mol. The Morgan fingerprint density at radius 3 is 2.46 bits per heavy atom. The number of benzene rings is 3. The molecule has 1 heterocycles. The number of ether oxygens (including phenoxy) is 2. The molecule has 3 aromatic carbocycles. The maximum atomic E-state index is 13.7. The first-order chi connectivity index (χ1) is 18.1. The van der Waals surface area contributed by atoms with E-state index >= 15 is 0 Å². The number of para-hydroxylation sites is 1. The lowest BCUT2D eigenvalue weighted by Gasteiger charge is -2.31. The van der Waals surface area contributed by atoms with Crippen LogP contribution in [0.4, 0.5) is 0 Å². The number of methoxy groups -OCH3 is 1. The number of amides is 2. The van der Waals surface area contributed by atoms with Crippen molar-refractivity contribution in [3.8, 4) is 5.75 Å². The van der Waals surface area contributed by atoms with Crippen molar-refractivity contribution < 1.29 is 19.1 Å². The molecule has 9 heteroatoms. The highest BCUT2D eigenvalue weighted by Gasteiger charge is 2.31. The topological polar surface area (TPSA) is 98.6 Å². The summed E-state index contributed by atoms with van der Waals surface area (Å²) in [7, 11) is 1.56. The van der Waals surface area contributed by atoms with Crippen LogP contribution in [0.15, 0.2) is 78.9 Å². The molecule has 0 aliphatic heterocycles. The average molecular weight is 502 g/mol. The van der Waals surface area contributed by atoms with Gasteiger partial charge in [0.1, 0.15) is 23.9 Å². The first-order valence-corrected chi connectivity index (χ1v) is 12.2. The Morgan fingerprint density at radius 1 is 1.00 bits per heavy atom. The van der Waals surface area contributed by atoms with E-state index in [2.05, 4.69) is 15.6 Å². The summed E-state index contributed by atoms with van der Waals surface area (Å²) >= 11 is 0. The minimum Gasteiger partial charge on any atom is -0.494 e. The van der Waals surface area contributed by atoms with Gasteiger partial charge in [0.2, 0.25) is 11.8 Å². The predicted molar refractivity (Wildman–Crippen MR) is 140 cm³/mol. The summed E-state index contributed by atoms with van der Waals surface area (Å²) in [6.45, 7) is 3.20. The van der Waals surface area contributed by atoms with Gasteiger partial charge in [0.25, 0.3) is 0 Å². The van der Waals surface area contributed by atoms with Crippen molar-refractivity contribution in [2.24, 2.45) is 0 Å². The summed E-state index contributed by atoms with van der Waals surface area (Å²) in [5.41, 5.74) is 3.07. The van der Waals surface area contributed by atoms with E-state index in [1.165, 1.54) is 4.90 Å². The second kappa shape index (κ2) is 12.6. The Bertz CT molecular complexity index is 1310. The van der Waals surface area contributed by atoms with Gasteiger partial charge in [-0.25, -0.2) is 4.68 Å². The molecule has 1 atom stereocenters. The number of hydrogen-bond donors (Lipinski definition) is 1. The van der Waals surface area contributed by atoms with Crippen molar-refractivity contribution in [3.05, 3.63) is 90.0 Å². The predicted octanol–water partition coefficient (Wildman–Crippen LogP) is 3.36. The third-order valence-electron chi connectivity index (χ3n) is 5.94.